The lowest BCUT2D eigenvalue weighted by Crippen LogP contribution is -2.57. The van der Waals surface area contributed by atoms with Crippen LogP contribution in [0.4, 0.5) is 0 Å². The lowest BCUT2D eigenvalue weighted by molar-refractivity contribution is -0.140. The van der Waals surface area contributed by atoms with Crippen molar-refractivity contribution >= 4 is 11.8 Å². The summed E-state index contributed by atoms with van der Waals surface area (Å²) in [6, 6.07) is 41.5. The highest BCUT2D eigenvalue weighted by atomic mass is 16.3. The third-order valence-electron chi connectivity index (χ3n) is 17.6. The molecule has 8 nitrogen and oxygen atoms in total. The predicted molar refractivity (Wildman–Crippen MR) is 284 cm³/mol. The second-order valence-corrected chi connectivity index (χ2v) is 22.0. The second-order valence-electron chi connectivity index (χ2n) is 22.0. The number of benzene rings is 4. The lowest BCUT2D eigenvalue weighted by atomic mass is 9.62. The summed E-state index contributed by atoms with van der Waals surface area (Å²) in [4.78, 5) is 32.4. The van der Waals surface area contributed by atoms with E-state index in [0.29, 0.717) is 24.7 Å². The second kappa shape index (κ2) is 26.0. The fourth-order valence-corrected chi connectivity index (χ4v) is 13.4. The Kier molecular flexibility index (Phi) is 19.4. The van der Waals surface area contributed by atoms with Crippen molar-refractivity contribution in [2.75, 3.05) is 52.4 Å². The van der Waals surface area contributed by atoms with Crippen molar-refractivity contribution in [2.24, 2.45) is 17.8 Å². The number of rotatable bonds is 14. The molecule has 2 unspecified atom stereocenters. The topological polar surface area (TPSA) is 96.3 Å². The van der Waals surface area contributed by atoms with Gasteiger partial charge in [-0.25, -0.2) is 0 Å². The van der Waals surface area contributed by atoms with Crippen molar-refractivity contribution in [3.05, 3.63) is 144 Å². The van der Waals surface area contributed by atoms with Crippen LogP contribution in [0.5, 0.6) is 0 Å². The van der Waals surface area contributed by atoms with Crippen molar-refractivity contribution < 1.29 is 19.8 Å². The van der Waals surface area contributed by atoms with Crippen LogP contribution in [0.3, 0.4) is 0 Å². The number of hydrogen-bond acceptors (Lipinski definition) is 7. The Hall–Kier alpha value is -4.18. The van der Waals surface area contributed by atoms with Gasteiger partial charge in [-0.3, -0.25) is 19.8 Å². The number of nitrogens with zero attached hydrogens (tertiary/aromatic N) is 3. The maximum absolute atomic E-state index is 13.1. The Labute approximate surface area is 421 Å². The molecule has 4 heterocycles. The van der Waals surface area contributed by atoms with Crippen molar-refractivity contribution in [2.45, 2.75) is 158 Å². The summed E-state index contributed by atoms with van der Waals surface area (Å²) in [5.74, 6) is 0.893. The van der Waals surface area contributed by atoms with Crippen LogP contribution in [0.2, 0.25) is 0 Å². The minimum Gasteiger partial charge on any atom is -0.385 e. The molecule has 4 saturated heterocycles. The molecule has 2 amide bonds. The highest BCUT2D eigenvalue weighted by molar-refractivity contribution is 6.03. The monoisotopic (exact) mass is 951 g/mol. The first kappa shape index (κ1) is 52.2. The average molecular weight is 951 g/mol. The smallest absolute Gasteiger partial charge is 0.237 e. The molecule has 4 aromatic carbocycles. The van der Waals surface area contributed by atoms with E-state index in [1.165, 1.54) is 128 Å². The third kappa shape index (κ3) is 13.5. The summed E-state index contributed by atoms with van der Waals surface area (Å²) >= 11 is 0. The van der Waals surface area contributed by atoms with Gasteiger partial charge in [0, 0.05) is 26.1 Å². The third-order valence-corrected chi connectivity index (χ3v) is 17.6. The highest BCUT2D eigenvalue weighted by Crippen LogP contribution is 2.46. The Morgan fingerprint density at radius 2 is 0.900 bits per heavy atom. The van der Waals surface area contributed by atoms with Gasteiger partial charge in [0.2, 0.25) is 11.8 Å². The van der Waals surface area contributed by atoms with Gasteiger partial charge >= 0.3 is 0 Å². The molecule has 4 aromatic rings. The van der Waals surface area contributed by atoms with Crippen LogP contribution in [-0.2, 0) is 32.8 Å². The number of amides is 2. The van der Waals surface area contributed by atoms with Crippen LogP contribution in [0.15, 0.2) is 121 Å². The zero-order valence-electron chi connectivity index (χ0n) is 42.5. The maximum atomic E-state index is 13.1. The van der Waals surface area contributed by atoms with Crippen LogP contribution in [-0.4, -0.2) is 89.1 Å². The van der Waals surface area contributed by atoms with Gasteiger partial charge in [-0.15, -0.1) is 0 Å². The minimum absolute atomic E-state index is 0.105. The molecule has 0 spiro atoms. The first-order valence-corrected chi connectivity index (χ1v) is 27.9. The minimum atomic E-state index is -0.626. The van der Waals surface area contributed by atoms with Gasteiger partial charge in [-0.05, 0) is 163 Å². The summed E-state index contributed by atoms with van der Waals surface area (Å²) in [6.07, 6.45) is 24.0. The molecule has 8 heteroatoms. The number of carbonyl (C=O) groups is 2. The molecule has 3 N–H and O–H groups in total. The maximum Gasteiger partial charge on any atom is 0.237 e. The lowest BCUT2D eigenvalue weighted by Gasteiger charge is -2.45. The van der Waals surface area contributed by atoms with Gasteiger partial charge < -0.3 is 20.0 Å². The Balaban J connectivity index is 0.000000143. The number of likely N-dealkylation sites (tertiary alicyclic amines) is 3. The van der Waals surface area contributed by atoms with Gasteiger partial charge in [0.15, 0.2) is 0 Å². The summed E-state index contributed by atoms with van der Waals surface area (Å²) in [6.45, 7) is 9.88. The standard InChI is InChI=1S/C23H26N2O2.C20H31NO.C19H29NO/c26-21-11-14-23(22(27)24-21,19-9-5-2-6-10-19)20-12-15-25(16-13-20)17-18-7-3-1-4-8-18;22-20(18-10-4-1-5-11-18,19-12-6-2-7-13-19)14-17-21-15-8-3-9-16-21;21-19(17-9-3-1-4-10-17,18-11-5-2-6-12-18)13-16-20-14-7-8-15-20/h1-10,20H,11-17H2,(H,24,26,27);1,4-5,10-11,19,22H,2-3,6-9,12-17H2;1,3-4,9-10,18,21H,2,5-8,11-16H2/t23-;;/m1../s1. The van der Waals surface area contributed by atoms with Crippen LogP contribution < -0.4 is 5.32 Å². The number of imide groups is 1. The fraction of sp³-hybridized carbons (Fsp3) is 0.581. The highest BCUT2D eigenvalue weighted by Gasteiger charge is 2.50. The van der Waals surface area contributed by atoms with Crippen LogP contribution >= 0.6 is 0 Å². The fourth-order valence-electron chi connectivity index (χ4n) is 13.4. The molecule has 378 valence electrons. The van der Waals surface area contributed by atoms with E-state index in [9.17, 15) is 19.8 Å². The molecule has 6 fully saturated rings. The summed E-state index contributed by atoms with van der Waals surface area (Å²) in [5.41, 5.74) is 2.83. The van der Waals surface area contributed by atoms with E-state index < -0.39 is 16.6 Å². The molecule has 6 aliphatic rings. The normalized spacial score (nSPS) is 24.3. The first-order valence-electron chi connectivity index (χ1n) is 27.9. The Bertz CT molecular complexity index is 2130. The van der Waals surface area contributed by atoms with Crippen molar-refractivity contribution in [1.29, 1.82) is 0 Å². The number of nitrogens with one attached hydrogen (secondary N) is 1. The van der Waals surface area contributed by atoms with Crippen LogP contribution in [0, 0.1) is 17.8 Å². The van der Waals surface area contributed by atoms with E-state index in [1.54, 1.807) is 0 Å². The van der Waals surface area contributed by atoms with E-state index in [1.807, 2.05) is 42.5 Å². The van der Waals surface area contributed by atoms with Gasteiger partial charge in [0.05, 0.1) is 16.6 Å². The van der Waals surface area contributed by atoms with E-state index >= 15 is 0 Å². The predicted octanol–water partition coefficient (Wildman–Crippen LogP) is 11.5. The van der Waals surface area contributed by atoms with Gasteiger partial charge in [-0.2, -0.15) is 0 Å². The number of aliphatic hydroxyl groups is 2. The summed E-state index contributed by atoms with van der Waals surface area (Å²) in [7, 11) is 0. The largest absolute Gasteiger partial charge is 0.385 e. The number of piperidine rings is 3. The molecule has 70 heavy (non-hydrogen) atoms. The first-order chi connectivity index (χ1) is 34.3. The zero-order chi connectivity index (χ0) is 48.5. The van der Waals surface area contributed by atoms with Crippen molar-refractivity contribution in [3.8, 4) is 0 Å². The van der Waals surface area contributed by atoms with Crippen molar-refractivity contribution in [3.63, 3.8) is 0 Å². The molecule has 4 aliphatic heterocycles. The van der Waals surface area contributed by atoms with Crippen LogP contribution in [0.1, 0.15) is 157 Å². The van der Waals surface area contributed by atoms with Crippen molar-refractivity contribution in [1.82, 2.24) is 20.0 Å². The van der Waals surface area contributed by atoms with E-state index in [2.05, 4.69) is 98.9 Å². The molecule has 10 rings (SSSR count). The van der Waals surface area contributed by atoms with Gasteiger partial charge in [-0.1, -0.05) is 166 Å². The van der Waals surface area contributed by atoms with Gasteiger partial charge in [0.1, 0.15) is 0 Å². The molecule has 2 aliphatic carbocycles. The molecule has 0 aromatic heterocycles. The molecule has 3 atom stereocenters. The van der Waals surface area contributed by atoms with Crippen LogP contribution in [0.25, 0.3) is 0 Å². The molecule has 2 saturated carbocycles. The van der Waals surface area contributed by atoms with Gasteiger partial charge in [0.25, 0.3) is 0 Å². The number of carbonyl (C=O) groups excluding carboxylic acids is 2. The SMILES string of the molecule is O=C1CC[C@@](c2ccccc2)(C2CCN(Cc3ccccc3)CC2)C(=O)N1.OC(CCN1CCCC1)(c1ccccc1)C1CCCCC1.OC(CCN1CCCCC1)(c1ccccc1)C1CCCCC1. The molecule has 0 radical (unpaired) electrons. The van der Waals surface area contributed by atoms with E-state index in [-0.39, 0.29) is 17.7 Å². The zero-order valence-corrected chi connectivity index (χ0v) is 42.5. The quantitative estimate of drug-likeness (QED) is 0.108. The number of hydrogen-bond donors (Lipinski definition) is 3. The molecular formula is C62H86N4O4. The Morgan fingerprint density at radius 3 is 1.36 bits per heavy atom. The molecular weight excluding hydrogens is 865 g/mol. The van der Waals surface area contributed by atoms with E-state index in [4.69, 9.17) is 0 Å². The average Bonchev–Trinajstić information content (AvgIpc) is 3.96. The Morgan fingerprint density at radius 1 is 0.486 bits per heavy atom. The summed E-state index contributed by atoms with van der Waals surface area (Å²) in [5, 5.41) is 25.8. The molecule has 0 bridgehead atoms. The summed E-state index contributed by atoms with van der Waals surface area (Å²) < 4.78 is 0. The van der Waals surface area contributed by atoms with E-state index in [0.717, 1.165) is 75.1 Å².